The van der Waals surface area contributed by atoms with Gasteiger partial charge in [-0.2, -0.15) is 9.61 Å². The molecule has 0 saturated heterocycles. The first-order chi connectivity index (χ1) is 11.6. The molecular weight excluding hydrogens is 302 g/mol. The van der Waals surface area contributed by atoms with E-state index in [0.717, 1.165) is 28.4 Å². The number of amides is 1. The third-order valence-electron chi connectivity index (χ3n) is 3.94. The topological polar surface area (TPSA) is 62.5 Å². The molecule has 3 aromatic rings. The van der Waals surface area contributed by atoms with Gasteiger partial charge < -0.3 is 10.2 Å². The number of nitrogens with one attached hydrogen (secondary N) is 1. The summed E-state index contributed by atoms with van der Waals surface area (Å²) in [4.78, 5) is 18.3. The van der Waals surface area contributed by atoms with Crippen molar-refractivity contribution in [3.63, 3.8) is 0 Å². The average molecular weight is 323 g/mol. The van der Waals surface area contributed by atoms with Crippen LogP contribution in [-0.2, 0) is 4.79 Å². The highest BCUT2D eigenvalue weighted by molar-refractivity contribution is 5.76. The van der Waals surface area contributed by atoms with Crippen molar-refractivity contribution in [2.45, 2.75) is 13.3 Å². The third-order valence-corrected chi connectivity index (χ3v) is 3.94. The van der Waals surface area contributed by atoms with Gasteiger partial charge in [-0.05, 0) is 6.92 Å². The fraction of sp³-hybridized carbons (Fsp3) is 0.278. The average Bonchev–Trinajstić information content (AvgIpc) is 2.99. The summed E-state index contributed by atoms with van der Waals surface area (Å²) < 4.78 is 1.83. The summed E-state index contributed by atoms with van der Waals surface area (Å²) in [6.07, 6.45) is 0.428. The normalized spacial score (nSPS) is 10.8. The number of hydrogen-bond acceptors (Lipinski definition) is 4. The second-order valence-corrected chi connectivity index (χ2v) is 5.77. The van der Waals surface area contributed by atoms with Gasteiger partial charge in [0.1, 0.15) is 5.82 Å². The van der Waals surface area contributed by atoms with Crippen molar-refractivity contribution in [1.82, 2.24) is 19.9 Å². The zero-order chi connectivity index (χ0) is 17.1. The van der Waals surface area contributed by atoms with Gasteiger partial charge in [-0.15, -0.1) is 0 Å². The van der Waals surface area contributed by atoms with Gasteiger partial charge in [0.2, 0.25) is 5.91 Å². The van der Waals surface area contributed by atoms with E-state index in [0.29, 0.717) is 13.0 Å². The van der Waals surface area contributed by atoms with Crippen LogP contribution in [0.5, 0.6) is 0 Å². The summed E-state index contributed by atoms with van der Waals surface area (Å²) in [5.41, 5.74) is 3.66. The first kappa shape index (κ1) is 16.0. The van der Waals surface area contributed by atoms with Gasteiger partial charge in [0.15, 0.2) is 5.65 Å². The lowest BCUT2D eigenvalue weighted by atomic mass is 10.1. The molecule has 0 unspecified atom stereocenters. The molecule has 0 bridgehead atoms. The van der Waals surface area contributed by atoms with Crippen LogP contribution in [0.2, 0.25) is 0 Å². The molecule has 1 N–H and O–H groups in total. The predicted molar refractivity (Wildman–Crippen MR) is 95.1 cm³/mol. The van der Waals surface area contributed by atoms with Crippen molar-refractivity contribution >= 4 is 17.4 Å². The SMILES string of the molecule is CNC(=O)CCN(C)c1cc(-c2ccccc2)nc2cc(C)nn12. The lowest BCUT2D eigenvalue weighted by Gasteiger charge is -2.20. The number of aromatic nitrogens is 3. The number of hydrogen-bond donors (Lipinski definition) is 1. The van der Waals surface area contributed by atoms with Crippen LogP contribution in [0.25, 0.3) is 16.9 Å². The van der Waals surface area contributed by atoms with Gasteiger partial charge >= 0.3 is 0 Å². The standard InChI is InChI=1S/C18H21N5O/c1-13-11-16-20-15(14-7-5-4-6-8-14)12-18(23(16)21-13)22(3)10-9-17(24)19-2/h4-8,11-12H,9-10H2,1-3H3,(H,19,24). The van der Waals surface area contributed by atoms with E-state index in [2.05, 4.69) is 10.4 Å². The fourth-order valence-corrected chi connectivity index (χ4v) is 2.61. The van der Waals surface area contributed by atoms with Gasteiger partial charge in [-0.1, -0.05) is 30.3 Å². The minimum Gasteiger partial charge on any atom is -0.359 e. The van der Waals surface area contributed by atoms with E-state index in [1.807, 2.05) is 65.9 Å². The molecule has 0 saturated carbocycles. The Hall–Kier alpha value is -2.89. The van der Waals surface area contributed by atoms with E-state index in [-0.39, 0.29) is 5.91 Å². The Kier molecular flexibility index (Phi) is 4.46. The molecule has 0 radical (unpaired) electrons. The van der Waals surface area contributed by atoms with Crippen molar-refractivity contribution in [3.8, 4) is 11.3 Å². The summed E-state index contributed by atoms with van der Waals surface area (Å²) >= 11 is 0. The molecule has 6 nitrogen and oxygen atoms in total. The molecule has 1 aromatic carbocycles. The van der Waals surface area contributed by atoms with E-state index < -0.39 is 0 Å². The number of anilines is 1. The monoisotopic (exact) mass is 323 g/mol. The van der Waals surface area contributed by atoms with Crippen molar-refractivity contribution in [2.24, 2.45) is 0 Å². The van der Waals surface area contributed by atoms with E-state index in [1.54, 1.807) is 7.05 Å². The molecule has 1 amide bonds. The van der Waals surface area contributed by atoms with E-state index in [9.17, 15) is 4.79 Å². The second-order valence-electron chi connectivity index (χ2n) is 5.77. The predicted octanol–water partition coefficient (Wildman–Crippen LogP) is 2.28. The van der Waals surface area contributed by atoms with Crippen LogP contribution in [0.1, 0.15) is 12.1 Å². The van der Waals surface area contributed by atoms with Crippen molar-refractivity contribution in [3.05, 3.63) is 48.2 Å². The Morgan fingerprint density at radius 1 is 1.25 bits per heavy atom. The molecule has 2 heterocycles. The summed E-state index contributed by atoms with van der Waals surface area (Å²) in [6, 6.07) is 14.0. The smallest absolute Gasteiger partial charge is 0.221 e. The van der Waals surface area contributed by atoms with Crippen molar-refractivity contribution < 1.29 is 4.79 Å². The summed E-state index contributed by atoms with van der Waals surface area (Å²) in [5, 5.41) is 7.18. The summed E-state index contributed by atoms with van der Waals surface area (Å²) in [6.45, 7) is 2.55. The molecule has 0 atom stereocenters. The quantitative estimate of drug-likeness (QED) is 0.782. The van der Waals surface area contributed by atoms with Gasteiger partial charge in [0.25, 0.3) is 0 Å². The molecule has 2 aromatic heterocycles. The maximum absolute atomic E-state index is 11.5. The summed E-state index contributed by atoms with van der Waals surface area (Å²) in [5.74, 6) is 0.933. The van der Waals surface area contributed by atoms with Crippen molar-refractivity contribution in [2.75, 3.05) is 25.5 Å². The molecule has 6 heteroatoms. The molecule has 0 spiro atoms. The third kappa shape index (κ3) is 3.22. The van der Waals surface area contributed by atoms with E-state index in [1.165, 1.54) is 0 Å². The Morgan fingerprint density at radius 3 is 2.71 bits per heavy atom. The zero-order valence-corrected chi connectivity index (χ0v) is 14.2. The Labute approximate surface area is 141 Å². The number of carbonyl (C=O) groups is 1. The van der Waals surface area contributed by atoms with Gasteiger partial charge in [0.05, 0.1) is 11.4 Å². The van der Waals surface area contributed by atoms with E-state index >= 15 is 0 Å². The minimum absolute atomic E-state index is 0.0204. The van der Waals surface area contributed by atoms with Gasteiger partial charge in [-0.3, -0.25) is 4.79 Å². The Bertz CT molecular complexity index is 856. The lowest BCUT2D eigenvalue weighted by molar-refractivity contribution is -0.120. The van der Waals surface area contributed by atoms with E-state index in [4.69, 9.17) is 4.98 Å². The molecular formula is C18H21N5O. The molecule has 0 fully saturated rings. The van der Waals surface area contributed by atoms with Crippen LogP contribution in [0.3, 0.4) is 0 Å². The Morgan fingerprint density at radius 2 is 2.00 bits per heavy atom. The molecule has 0 aliphatic heterocycles. The molecule has 3 rings (SSSR count). The maximum Gasteiger partial charge on any atom is 0.221 e. The van der Waals surface area contributed by atoms with Crippen LogP contribution in [-0.4, -0.2) is 41.1 Å². The first-order valence-electron chi connectivity index (χ1n) is 7.93. The van der Waals surface area contributed by atoms with Crippen LogP contribution >= 0.6 is 0 Å². The number of benzene rings is 1. The number of fused-ring (bicyclic) bond motifs is 1. The molecule has 0 aliphatic rings. The molecule has 0 aliphatic carbocycles. The zero-order valence-electron chi connectivity index (χ0n) is 14.2. The Balaban J connectivity index is 2.03. The van der Waals surface area contributed by atoms with Crippen LogP contribution in [0.15, 0.2) is 42.5 Å². The van der Waals surface area contributed by atoms with Crippen LogP contribution in [0.4, 0.5) is 5.82 Å². The molecule has 24 heavy (non-hydrogen) atoms. The largest absolute Gasteiger partial charge is 0.359 e. The lowest BCUT2D eigenvalue weighted by Crippen LogP contribution is -2.27. The van der Waals surface area contributed by atoms with Gasteiger partial charge in [0, 0.05) is 44.8 Å². The number of rotatable bonds is 5. The number of carbonyl (C=O) groups excluding carboxylic acids is 1. The number of aryl methyl sites for hydroxylation is 1. The fourth-order valence-electron chi connectivity index (χ4n) is 2.61. The second kappa shape index (κ2) is 6.70. The number of nitrogens with zero attached hydrogens (tertiary/aromatic N) is 4. The van der Waals surface area contributed by atoms with Crippen LogP contribution < -0.4 is 10.2 Å². The van der Waals surface area contributed by atoms with Crippen molar-refractivity contribution in [1.29, 1.82) is 0 Å². The highest BCUT2D eigenvalue weighted by atomic mass is 16.1. The highest BCUT2D eigenvalue weighted by Gasteiger charge is 2.13. The highest BCUT2D eigenvalue weighted by Crippen LogP contribution is 2.24. The van der Waals surface area contributed by atoms with Crippen LogP contribution in [0, 0.1) is 6.92 Å². The summed E-state index contributed by atoms with van der Waals surface area (Å²) in [7, 11) is 3.61. The molecule has 124 valence electrons. The first-order valence-corrected chi connectivity index (χ1v) is 7.93. The maximum atomic E-state index is 11.5. The minimum atomic E-state index is 0.0204. The van der Waals surface area contributed by atoms with Gasteiger partial charge in [-0.25, -0.2) is 4.98 Å².